The number of aromatic nitrogens is 2. The number of sulfonamides is 1. The molecule has 0 unspecified atom stereocenters. The lowest BCUT2D eigenvalue weighted by Crippen LogP contribution is -2.15. The molecule has 1 aromatic heterocycles. The molecule has 1 amide bonds. The molecule has 152 valence electrons. The predicted octanol–water partition coefficient (Wildman–Crippen LogP) is 4.23. The number of nitrogens with zero attached hydrogens (tertiary/aromatic N) is 1. The minimum atomic E-state index is -3.77. The van der Waals surface area contributed by atoms with E-state index in [0.717, 1.165) is 22.2 Å². The van der Waals surface area contributed by atoms with Crippen molar-refractivity contribution < 1.29 is 13.2 Å². The SMILES string of the molecule is Cc1cccc(NS(=O)(=O)c2ccc(C(=O)Nc3nc4ccccc4[nH]3)cc2)c1C. The van der Waals surface area contributed by atoms with Crippen LogP contribution in [0.5, 0.6) is 0 Å². The highest BCUT2D eigenvalue weighted by atomic mass is 32.2. The Hall–Kier alpha value is -3.65. The van der Waals surface area contributed by atoms with Crippen LogP contribution in [0.2, 0.25) is 0 Å². The summed E-state index contributed by atoms with van der Waals surface area (Å²) in [6.45, 7) is 3.78. The highest BCUT2D eigenvalue weighted by molar-refractivity contribution is 7.92. The summed E-state index contributed by atoms with van der Waals surface area (Å²) >= 11 is 0. The predicted molar refractivity (Wildman–Crippen MR) is 117 cm³/mol. The van der Waals surface area contributed by atoms with Gasteiger partial charge in [-0.25, -0.2) is 13.4 Å². The van der Waals surface area contributed by atoms with E-state index in [9.17, 15) is 13.2 Å². The average molecular weight is 420 g/mol. The van der Waals surface area contributed by atoms with Gasteiger partial charge in [0.15, 0.2) is 0 Å². The van der Waals surface area contributed by atoms with Gasteiger partial charge >= 0.3 is 0 Å². The summed E-state index contributed by atoms with van der Waals surface area (Å²) in [6.07, 6.45) is 0. The van der Waals surface area contributed by atoms with Crippen LogP contribution in [0.15, 0.2) is 71.6 Å². The molecular formula is C22H20N4O3S. The molecule has 0 spiro atoms. The molecular weight excluding hydrogens is 400 g/mol. The van der Waals surface area contributed by atoms with E-state index < -0.39 is 10.0 Å². The van der Waals surface area contributed by atoms with Crippen molar-refractivity contribution in [2.45, 2.75) is 18.7 Å². The Morgan fingerprint density at radius 3 is 2.40 bits per heavy atom. The summed E-state index contributed by atoms with van der Waals surface area (Å²) in [4.78, 5) is 19.9. The summed E-state index contributed by atoms with van der Waals surface area (Å²) < 4.78 is 28.0. The molecule has 0 fully saturated rings. The van der Waals surface area contributed by atoms with Crippen molar-refractivity contribution in [3.05, 3.63) is 83.4 Å². The number of amides is 1. The van der Waals surface area contributed by atoms with Gasteiger partial charge in [0.1, 0.15) is 0 Å². The van der Waals surface area contributed by atoms with E-state index in [1.54, 1.807) is 12.1 Å². The number of benzene rings is 3. The molecule has 1 heterocycles. The van der Waals surface area contributed by atoms with Crippen molar-refractivity contribution in [1.82, 2.24) is 9.97 Å². The number of H-pyrrole nitrogens is 1. The molecule has 0 saturated heterocycles. The van der Waals surface area contributed by atoms with Gasteiger partial charge in [-0.2, -0.15) is 0 Å². The fourth-order valence-corrected chi connectivity index (χ4v) is 4.17. The highest BCUT2D eigenvalue weighted by Gasteiger charge is 2.17. The molecule has 0 aliphatic rings. The number of para-hydroxylation sites is 2. The average Bonchev–Trinajstić information content (AvgIpc) is 3.13. The molecule has 0 radical (unpaired) electrons. The summed E-state index contributed by atoms with van der Waals surface area (Å²) in [6, 6.07) is 18.6. The fourth-order valence-electron chi connectivity index (χ4n) is 3.04. The fraction of sp³-hybridized carbons (Fsp3) is 0.0909. The maximum absolute atomic E-state index is 12.7. The molecule has 4 aromatic rings. The van der Waals surface area contributed by atoms with E-state index in [-0.39, 0.29) is 10.8 Å². The third-order valence-electron chi connectivity index (χ3n) is 4.90. The van der Waals surface area contributed by atoms with Crippen LogP contribution in [-0.4, -0.2) is 24.3 Å². The Morgan fingerprint density at radius 1 is 0.933 bits per heavy atom. The first-order valence-electron chi connectivity index (χ1n) is 9.29. The van der Waals surface area contributed by atoms with E-state index in [0.29, 0.717) is 17.2 Å². The van der Waals surface area contributed by atoms with Gasteiger partial charge in [0, 0.05) is 5.56 Å². The number of carbonyl (C=O) groups excluding carboxylic acids is 1. The van der Waals surface area contributed by atoms with Crippen molar-refractivity contribution in [2.24, 2.45) is 0 Å². The first-order chi connectivity index (χ1) is 14.3. The molecule has 0 atom stereocenters. The van der Waals surface area contributed by atoms with Crippen molar-refractivity contribution in [3.8, 4) is 0 Å². The summed E-state index contributed by atoms with van der Waals surface area (Å²) in [5, 5.41) is 2.69. The number of hydrogen-bond acceptors (Lipinski definition) is 4. The zero-order chi connectivity index (χ0) is 21.3. The third kappa shape index (κ3) is 3.90. The van der Waals surface area contributed by atoms with Crippen molar-refractivity contribution in [1.29, 1.82) is 0 Å². The second-order valence-corrected chi connectivity index (χ2v) is 8.62. The lowest BCUT2D eigenvalue weighted by atomic mass is 10.1. The number of carbonyl (C=O) groups is 1. The van der Waals surface area contributed by atoms with E-state index in [2.05, 4.69) is 20.0 Å². The number of aryl methyl sites for hydroxylation is 1. The van der Waals surface area contributed by atoms with Crippen LogP contribution < -0.4 is 10.0 Å². The molecule has 3 aromatic carbocycles. The van der Waals surface area contributed by atoms with Crippen LogP contribution in [0.1, 0.15) is 21.5 Å². The number of fused-ring (bicyclic) bond motifs is 1. The summed E-state index contributed by atoms with van der Waals surface area (Å²) in [5.74, 6) is -0.0602. The van der Waals surface area contributed by atoms with Crippen LogP contribution >= 0.6 is 0 Å². The van der Waals surface area contributed by atoms with Crippen LogP contribution in [0, 0.1) is 13.8 Å². The molecule has 8 heteroatoms. The molecule has 3 N–H and O–H groups in total. The molecule has 30 heavy (non-hydrogen) atoms. The Bertz CT molecular complexity index is 1310. The number of anilines is 2. The monoisotopic (exact) mass is 420 g/mol. The highest BCUT2D eigenvalue weighted by Crippen LogP contribution is 2.22. The normalized spacial score (nSPS) is 11.4. The zero-order valence-corrected chi connectivity index (χ0v) is 17.2. The maximum Gasteiger partial charge on any atom is 0.261 e. The number of aromatic amines is 1. The number of nitrogens with one attached hydrogen (secondary N) is 3. The minimum Gasteiger partial charge on any atom is -0.324 e. The topological polar surface area (TPSA) is 104 Å². The lowest BCUT2D eigenvalue weighted by molar-refractivity contribution is 0.102. The first kappa shape index (κ1) is 19.7. The van der Waals surface area contributed by atoms with E-state index >= 15 is 0 Å². The second-order valence-electron chi connectivity index (χ2n) is 6.93. The Morgan fingerprint density at radius 2 is 1.67 bits per heavy atom. The van der Waals surface area contributed by atoms with Crippen LogP contribution in [0.3, 0.4) is 0 Å². The first-order valence-corrected chi connectivity index (χ1v) is 10.8. The van der Waals surface area contributed by atoms with Gasteiger partial charge in [-0.1, -0.05) is 24.3 Å². The van der Waals surface area contributed by atoms with Crippen molar-refractivity contribution in [3.63, 3.8) is 0 Å². The molecule has 7 nitrogen and oxygen atoms in total. The Kier molecular flexibility index (Phi) is 5.01. The van der Waals surface area contributed by atoms with Crippen LogP contribution in [0.25, 0.3) is 11.0 Å². The second kappa shape index (κ2) is 7.64. The number of rotatable bonds is 5. The molecule has 4 rings (SSSR count). The molecule has 0 bridgehead atoms. The van der Waals surface area contributed by atoms with Crippen LogP contribution in [0.4, 0.5) is 11.6 Å². The Labute approximate surface area is 174 Å². The maximum atomic E-state index is 12.7. The lowest BCUT2D eigenvalue weighted by Gasteiger charge is -2.12. The molecule has 0 saturated carbocycles. The largest absolute Gasteiger partial charge is 0.324 e. The van der Waals surface area contributed by atoms with Gasteiger partial charge in [0.05, 0.1) is 21.6 Å². The third-order valence-corrected chi connectivity index (χ3v) is 6.28. The molecule has 0 aliphatic carbocycles. The minimum absolute atomic E-state index is 0.0729. The smallest absolute Gasteiger partial charge is 0.261 e. The number of hydrogen-bond donors (Lipinski definition) is 3. The van der Waals surface area contributed by atoms with E-state index in [1.165, 1.54) is 24.3 Å². The van der Waals surface area contributed by atoms with E-state index in [1.807, 2.05) is 44.2 Å². The quantitative estimate of drug-likeness (QED) is 0.449. The zero-order valence-electron chi connectivity index (χ0n) is 16.4. The summed E-state index contributed by atoms with van der Waals surface area (Å²) in [5.41, 5.74) is 4.26. The van der Waals surface area contributed by atoms with Gasteiger partial charge in [0.2, 0.25) is 5.95 Å². The van der Waals surface area contributed by atoms with Gasteiger partial charge in [-0.05, 0) is 67.4 Å². The van der Waals surface area contributed by atoms with Crippen molar-refractivity contribution >= 4 is 38.6 Å². The van der Waals surface area contributed by atoms with Gasteiger partial charge < -0.3 is 4.98 Å². The number of imidazole rings is 1. The van der Waals surface area contributed by atoms with Gasteiger partial charge in [-0.3, -0.25) is 14.8 Å². The van der Waals surface area contributed by atoms with Gasteiger partial charge in [0.25, 0.3) is 15.9 Å². The van der Waals surface area contributed by atoms with Gasteiger partial charge in [-0.15, -0.1) is 0 Å². The van der Waals surface area contributed by atoms with E-state index in [4.69, 9.17) is 0 Å². The standard InChI is InChI=1S/C22H20N4O3S/c1-14-6-5-9-18(15(14)2)26-30(28,29)17-12-10-16(11-13-17)21(27)25-22-23-19-7-3-4-8-20(19)24-22/h3-13,26H,1-2H3,(H2,23,24,25,27). The van der Waals surface area contributed by atoms with Crippen LogP contribution in [-0.2, 0) is 10.0 Å². The molecule has 0 aliphatic heterocycles. The Balaban J connectivity index is 1.51. The van der Waals surface area contributed by atoms with Crippen molar-refractivity contribution in [2.75, 3.05) is 10.0 Å². The summed E-state index contributed by atoms with van der Waals surface area (Å²) in [7, 11) is -3.77.